The highest BCUT2D eigenvalue weighted by Crippen LogP contribution is 2.43. The summed E-state index contributed by atoms with van der Waals surface area (Å²) in [6, 6.07) is 19.5. The van der Waals surface area contributed by atoms with Gasteiger partial charge < -0.3 is 14.6 Å². The lowest BCUT2D eigenvalue weighted by Gasteiger charge is -2.26. The smallest absolute Gasteiger partial charge is 0.308 e. The molecule has 0 bridgehead atoms. The molecule has 35 heavy (non-hydrogen) atoms. The van der Waals surface area contributed by atoms with E-state index in [0.29, 0.717) is 22.6 Å². The molecule has 1 amide bonds. The molecule has 1 N–H and O–H groups in total. The van der Waals surface area contributed by atoms with Gasteiger partial charge in [0.25, 0.3) is 11.7 Å². The van der Waals surface area contributed by atoms with Gasteiger partial charge in [-0.2, -0.15) is 0 Å². The molecule has 1 aliphatic rings. The third-order valence-electron chi connectivity index (χ3n) is 5.87. The van der Waals surface area contributed by atoms with E-state index in [2.05, 4.69) is 0 Å². The first-order valence-electron chi connectivity index (χ1n) is 11.2. The quantitative estimate of drug-likeness (QED) is 0.182. The molecule has 1 unspecified atom stereocenters. The first-order valence-corrected chi connectivity index (χ1v) is 11.2. The minimum absolute atomic E-state index is 0.0463. The summed E-state index contributed by atoms with van der Waals surface area (Å²) >= 11 is 0. The molecule has 7 heteroatoms. The summed E-state index contributed by atoms with van der Waals surface area (Å²) in [5.41, 5.74) is 2.42. The third-order valence-corrected chi connectivity index (χ3v) is 5.87. The van der Waals surface area contributed by atoms with Crippen LogP contribution in [0.15, 0.2) is 78.4 Å². The number of ketones is 1. The van der Waals surface area contributed by atoms with Gasteiger partial charge in [0.05, 0.1) is 18.7 Å². The maximum atomic E-state index is 13.3. The van der Waals surface area contributed by atoms with Crippen LogP contribution in [0.1, 0.15) is 36.6 Å². The molecule has 1 fully saturated rings. The van der Waals surface area contributed by atoms with Gasteiger partial charge in [-0.3, -0.25) is 19.3 Å². The number of anilines is 1. The molecule has 1 heterocycles. The van der Waals surface area contributed by atoms with Crippen molar-refractivity contribution in [3.05, 3.63) is 95.1 Å². The van der Waals surface area contributed by atoms with Crippen LogP contribution in [-0.4, -0.2) is 29.9 Å². The second-order valence-electron chi connectivity index (χ2n) is 8.08. The van der Waals surface area contributed by atoms with E-state index in [1.54, 1.807) is 60.7 Å². The number of hydrogen-bond acceptors (Lipinski definition) is 6. The summed E-state index contributed by atoms with van der Waals surface area (Å²) in [7, 11) is 1.53. The van der Waals surface area contributed by atoms with Gasteiger partial charge >= 0.3 is 5.97 Å². The summed E-state index contributed by atoms with van der Waals surface area (Å²) in [5, 5.41) is 11.2. The highest BCUT2D eigenvalue weighted by molar-refractivity contribution is 6.51. The Morgan fingerprint density at radius 3 is 2.26 bits per heavy atom. The van der Waals surface area contributed by atoms with Crippen LogP contribution in [0.25, 0.3) is 5.76 Å². The van der Waals surface area contributed by atoms with Crippen LogP contribution in [0.2, 0.25) is 0 Å². The van der Waals surface area contributed by atoms with Gasteiger partial charge in [0.15, 0.2) is 0 Å². The topological polar surface area (TPSA) is 93.1 Å². The minimum Gasteiger partial charge on any atom is -0.507 e. The number of aryl methyl sites for hydroxylation is 1. The first kappa shape index (κ1) is 23.8. The minimum atomic E-state index is -0.940. The molecule has 0 aromatic heterocycles. The van der Waals surface area contributed by atoms with Crippen LogP contribution >= 0.6 is 0 Å². The number of aliphatic hydroxyl groups is 1. The standard InChI is InChI=1S/C28H25NO6/c1-4-18-8-10-19(11-9-18)26(31)24-25(20-6-5-7-23(16-20)35-17(2)30)29(28(33)27(24)32)21-12-14-22(34-3)15-13-21/h5-16,25,31H,4H2,1-3H3/b26-24-. The average Bonchev–Trinajstić information content (AvgIpc) is 3.13. The summed E-state index contributed by atoms with van der Waals surface area (Å²) in [4.78, 5) is 39.4. The first-order chi connectivity index (χ1) is 16.8. The molecule has 1 atom stereocenters. The van der Waals surface area contributed by atoms with Gasteiger partial charge in [-0.05, 0) is 53.9 Å². The molecule has 3 aromatic carbocycles. The highest BCUT2D eigenvalue weighted by atomic mass is 16.5. The van der Waals surface area contributed by atoms with Crippen molar-refractivity contribution in [2.75, 3.05) is 12.0 Å². The zero-order valence-corrected chi connectivity index (χ0v) is 19.6. The molecule has 3 aromatic rings. The van der Waals surface area contributed by atoms with Crippen molar-refractivity contribution in [1.82, 2.24) is 0 Å². The lowest BCUT2D eigenvalue weighted by atomic mass is 9.94. The van der Waals surface area contributed by atoms with E-state index in [1.807, 2.05) is 19.1 Å². The zero-order valence-electron chi connectivity index (χ0n) is 19.6. The van der Waals surface area contributed by atoms with Crippen molar-refractivity contribution in [2.45, 2.75) is 26.3 Å². The number of aliphatic hydroxyl groups excluding tert-OH is 1. The van der Waals surface area contributed by atoms with Crippen LogP contribution in [-0.2, 0) is 20.8 Å². The molecule has 1 aliphatic heterocycles. The Hall–Kier alpha value is -4.39. The van der Waals surface area contributed by atoms with Crippen molar-refractivity contribution >= 4 is 29.1 Å². The highest BCUT2D eigenvalue weighted by Gasteiger charge is 2.47. The molecule has 0 spiro atoms. The molecular formula is C28H25NO6. The van der Waals surface area contributed by atoms with Gasteiger partial charge in [0.1, 0.15) is 17.3 Å². The van der Waals surface area contributed by atoms with Gasteiger partial charge in [-0.1, -0.05) is 43.3 Å². The lowest BCUT2D eigenvalue weighted by molar-refractivity contribution is -0.132. The Kier molecular flexibility index (Phi) is 6.68. The molecule has 0 aliphatic carbocycles. The summed E-state index contributed by atoms with van der Waals surface area (Å²) < 4.78 is 10.4. The van der Waals surface area contributed by atoms with Crippen molar-refractivity contribution in [3.63, 3.8) is 0 Å². The van der Waals surface area contributed by atoms with Crippen LogP contribution < -0.4 is 14.4 Å². The summed E-state index contributed by atoms with van der Waals surface area (Å²) in [6.07, 6.45) is 0.825. The lowest BCUT2D eigenvalue weighted by Crippen LogP contribution is -2.29. The Bertz CT molecular complexity index is 1310. The second-order valence-corrected chi connectivity index (χ2v) is 8.08. The van der Waals surface area contributed by atoms with Crippen molar-refractivity contribution < 1.29 is 29.0 Å². The predicted octanol–water partition coefficient (Wildman–Crippen LogP) is 4.81. The second kappa shape index (κ2) is 9.85. The number of benzene rings is 3. The Balaban J connectivity index is 1.90. The fourth-order valence-corrected chi connectivity index (χ4v) is 4.12. The number of amides is 1. The van der Waals surface area contributed by atoms with Crippen molar-refractivity contribution in [2.24, 2.45) is 0 Å². The number of methoxy groups -OCH3 is 1. The number of carbonyl (C=O) groups is 3. The molecule has 7 nitrogen and oxygen atoms in total. The molecule has 4 rings (SSSR count). The van der Waals surface area contributed by atoms with Crippen molar-refractivity contribution in [3.8, 4) is 11.5 Å². The summed E-state index contributed by atoms with van der Waals surface area (Å²) in [5.74, 6) is -1.49. The maximum absolute atomic E-state index is 13.3. The molecule has 0 radical (unpaired) electrons. The van der Waals surface area contributed by atoms with E-state index in [1.165, 1.54) is 18.9 Å². The monoisotopic (exact) mass is 471 g/mol. The number of rotatable bonds is 6. The van der Waals surface area contributed by atoms with Gasteiger partial charge in [-0.15, -0.1) is 0 Å². The Morgan fingerprint density at radius 2 is 1.66 bits per heavy atom. The third kappa shape index (κ3) is 4.66. The Morgan fingerprint density at radius 1 is 0.971 bits per heavy atom. The number of nitrogens with zero attached hydrogens (tertiary/aromatic N) is 1. The molecule has 0 saturated carbocycles. The van der Waals surface area contributed by atoms with E-state index in [4.69, 9.17) is 9.47 Å². The van der Waals surface area contributed by atoms with E-state index < -0.39 is 23.7 Å². The normalized spacial score (nSPS) is 16.9. The summed E-state index contributed by atoms with van der Waals surface area (Å²) in [6.45, 7) is 3.31. The number of ether oxygens (including phenoxy) is 2. The zero-order chi connectivity index (χ0) is 25.1. The molecule has 178 valence electrons. The number of esters is 1. The van der Waals surface area contributed by atoms with Crippen molar-refractivity contribution in [1.29, 1.82) is 0 Å². The van der Waals surface area contributed by atoms with Crippen LogP contribution in [0, 0.1) is 0 Å². The number of hydrogen-bond donors (Lipinski definition) is 1. The fourth-order valence-electron chi connectivity index (χ4n) is 4.12. The van der Waals surface area contributed by atoms with E-state index >= 15 is 0 Å². The van der Waals surface area contributed by atoms with Gasteiger partial charge in [-0.25, -0.2) is 0 Å². The van der Waals surface area contributed by atoms with E-state index in [9.17, 15) is 19.5 Å². The van der Waals surface area contributed by atoms with E-state index in [-0.39, 0.29) is 17.1 Å². The van der Waals surface area contributed by atoms with Gasteiger partial charge in [0.2, 0.25) is 0 Å². The van der Waals surface area contributed by atoms with Gasteiger partial charge in [0, 0.05) is 18.2 Å². The predicted molar refractivity (Wildman–Crippen MR) is 131 cm³/mol. The average molecular weight is 472 g/mol. The van der Waals surface area contributed by atoms with Crippen LogP contribution in [0.5, 0.6) is 11.5 Å². The largest absolute Gasteiger partial charge is 0.507 e. The molecule has 1 saturated heterocycles. The number of Topliss-reactive ketones (excluding diaryl/α,β-unsaturated/α-hetero) is 1. The molecular weight excluding hydrogens is 446 g/mol. The van der Waals surface area contributed by atoms with Crippen LogP contribution in [0.3, 0.4) is 0 Å². The van der Waals surface area contributed by atoms with Crippen LogP contribution in [0.4, 0.5) is 5.69 Å². The maximum Gasteiger partial charge on any atom is 0.308 e. The van der Waals surface area contributed by atoms with E-state index in [0.717, 1.165) is 12.0 Å². The Labute approximate surface area is 203 Å². The number of carbonyl (C=O) groups excluding carboxylic acids is 3. The fraction of sp³-hybridized carbons (Fsp3) is 0.179. The SMILES string of the molecule is CCc1ccc(/C(O)=C2/C(=O)C(=O)N(c3ccc(OC)cc3)C2c2cccc(OC(C)=O)c2)cc1.